The van der Waals surface area contributed by atoms with Crippen molar-refractivity contribution >= 4 is 34.2 Å². The second kappa shape index (κ2) is 4.04. The smallest absolute Gasteiger partial charge is 0.230 e. The number of amides is 1. The van der Waals surface area contributed by atoms with E-state index in [-0.39, 0.29) is 18.9 Å². The topological polar surface area (TPSA) is 40.5 Å². The Morgan fingerprint density at radius 2 is 2.55 bits per heavy atom. The highest BCUT2D eigenvalue weighted by Gasteiger charge is 2.22. The van der Waals surface area contributed by atoms with Crippen LogP contribution in [0.15, 0.2) is 0 Å². The second-order valence-corrected chi connectivity index (χ2v) is 3.86. The molecule has 1 heterocycles. The molecular formula is C6H9NO2S2. The van der Waals surface area contributed by atoms with E-state index in [2.05, 4.69) is 0 Å². The van der Waals surface area contributed by atoms with Crippen molar-refractivity contribution in [2.75, 3.05) is 18.9 Å². The maximum absolute atomic E-state index is 11.1. The van der Waals surface area contributed by atoms with Crippen molar-refractivity contribution in [3.8, 4) is 0 Å². The van der Waals surface area contributed by atoms with Gasteiger partial charge in [0, 0.05) is 12.3 Å². The van der Waals surface area contributed by atoms with Gasteiger partial charge in [0.05, 0.1) is 13.0 Å². The first-order valence-corrected chi connectivity index (χ1v) is 4.73. The third-order valence-corrected chi connectivity index (χ3v) is 2.82. The highest BCUT2D eigenvalue weighted by molar-refractivity contribution is 8.23. The average molecular weight is 191 g/mol. The van der Waals surface area contributed by atoms with Crippen molar-refractivity contribution < 1.29 is 9.90 Å². The molecule has 0 radical (unpaired) electrons. The summed E-state index contributed by atoms with van der Waals surface area (Å²) in [6.07, 6.45) is 0.181. The molecular weight excluding hydrogens is 182 g/mol. The number of carbonyl (C=O) groups is 1. The quantitative estimate of drug-likeness (QED) is 0.634. The lowest BCUT2D eigenvalue weighted by Crippen LogP contribution is -2.30. The molecule has 0 bridgehead atoms. The van der Waals surface area contributed by atoms with Crippen LogP contribution in [0.3, 0.4) is 0 Å². The van der Waals surface area contributed by atoms with E-state index in [1.165, 1.54) is 11.8 Å². The van der Waals surface area contributed by atoms with E-state index in [1.54, 1.807) is 4.90 Å². The van der Waals surface area contributed by atoms with E-state index in [1.807, 2.05) is 0 Å². The summed E-state index contributed by atoms with van der Waals surface area (Å²) in [6.45, 7) is 0.602. The van der Waals surface area contributed by atoms with E-state index in [9.17, 15) is 4.79 Å². The summed E-state index contributed by atoms with van der Waals surface area (Å²) in [7, 11) is 0. The number of rotatable bonds is 2. The first-order valence-electron chi connectivity index (χ1n) is 3.33. The van der Waals surface area contributed by atoms with Gasteiger partial charge in [0.2, 0.25) is 5.91 Å². The summed E-state index contributed by atoms with van der Waals surface area (Å²) in [5.74, 6) is 0.818. The van der Waals surface area contributed by atoms with Crippen LogP contribution >= 0.6 is 24.0 Å². The van der Waals surface area contributed by atoms with Gasteiger partial charge in [-0.15, -0.1) is 0 Å². The predicted molar refractivity (Wildman–Crippen MR) is 48.5 cm³/mol. The highest BCUT2D eigenvalue weighted by atomic mass is 32.2. The van der Waals surface area contributed by atoms with Gasteiger partial charge in [-0.2, -0.15) is 0 Å². The van der Waals surface area contributed by atoms with Gasteiger partial charge in [0.25, 0.3) is 0 Å². The molecule has 1 rings (SSSR count). The minimum absolute atomic E-state index is 0.0671. The van der Waals surface area contributed by atoms with Gasteiger partial charge in [-0.1, -0.05) is 24.0 Å². The van der Waals surface area contributed by atoms with Crippen LogP contribution in [-0.4, -0.2) is 39.1 Å². The molecule has 0 aliphatic carbocycles. The molecule has 5 heteroatoms. The molecule has 1 saturated heterocycles. The van der Waals surface area contributed by atoms with Crippen molar-refractivity contribution in [3.05, 3.63) is 0 Å². The lowest BCUT2D eigenvalue weighted by atomic mass is 10.4. The van der Waals surface area contributed by atoms with Crippen molar-refractivity contribution in [1.82, 2.24) is 4.90 Å². The zero-order valence-electron chi connectivity index (χ0n) is 5.95. The summed E-state index contributed by atoms with van der Waals surface area (Å²) < 4.78 is 0.642. The Hall–Kier alpha value is -0.130. The average Bonchev–Trinajstić information content (AvgIpc) is 2.36. The standard InChI is InChI=1S/C6H9NO2S2/c8-3-1-5(9)7-2-4-11-6(7)10/h8H,1-4H2. The van der Waals surface area contributed by atoms with E-state index >= 15 is 0 Å². The van der Waals surface area contributed by atoms with Crippen LogP contribution in [0, 0.1) is 0 Å². The van der Waals surface area contributed by atoms with E-state index < -0.39 is 0 Å². The van der Waals surface area contributed by atoms with Crippen molar-refractivity contribution in [3.63, 3.8) is 0 Å². The molecule has 62 valence electrons. The number of hydrogen-bond donors (Lipinski definition) is 1. The minimum atomic E-state index is -0.0946. The Bertz CT molecular complexity index is 183. The van der Waals surface area contributed by atoms with E-state index in [4.69, 9.17) is 17.3 Å². The van der Waals surface area contributed by atoms with Crippen molar-refractivity contribution in [2.45, 2.75) is 6.42 Å². The Morgan fingerprint density at radius 3 is 3.00 bits per heavy atom. The van der Waals surface area contributed by atoms with Crippen LogP contribution in [0.2, 0.25) is 0 Å². The number of hydrogen-bond acceptors (Lipinski definition) is 4. The fourth-order valence-electron chi connectivity index (χ4n) is 0.851. The van der Waals surface area contributed by atoms with Gasteiger partial charge in [-0.3, -0.25) is 9.69 Å². The molecule has 0 aromatic carbocycles. The third-order valence-electron chi connectivity index (χ3n) is 1.39. The van der Waals surface area contributed by atoms with Crippen LogP contribution < -0.4 is 0 Å². The molecule has 1 aliphatic rings. The molecule has 0 aromatic rings. The number of thiocarbonyl (C=S) groups is 1. The monoisotopic (exact) mass is 191 g/mol. The summed E-state index contributed by atoms with van der Waals surface area (Å²) in [6, 6.07) is 0. The van der Waals surface area contributed by atoms with Crippen LogP contribution in [0.4, 0.5) is 0 Å². The SMILES string of the molecule is O=C(CCO)N1CCSC1=S. The predicted octanol–water partition coefficient (Wildman–Crippen LogP) is 0.229. The van der Waals surface area contributed by atoms with Crippen LogP contribution in [0.5, 0.6) is 0 Å². The van der Waals surface area contributed by atoms with Gasteiger partial charge in [0.15, 0.2) is 0 Å². The number of aliphatic hydroxyl groups is 1. The highest BCUT2D eigenvalue weighted by Crippen LogP contribution is 2.18. The summed E-state index contributed by atoms with van der Waals surface area (Å²) in [5, 5.41) is 8.49. The Morgan fingerprint density at radius 1 is 1.82 bits per heavy atom. The molecule has 1 N–H and O–H groups in total. The maximum atomic E-state index is 11.1. The summed E-state index contributed by atoms with van der Waals surface area (Å²) in [4.78, 5) is 12.7. The fraction of sp³-hybridized carbons (Fsp3) is 0.667. The van der Waals surface area contributed by atoms with E-state index in [0.717, 1.165) is 5.75 Å². The van der Waals surface area contributed by atoms with Gasteiger partial charge in [-0.25, -0.2) is 0 Å². The summed E-state index contributed by atoms with van der Waals surface area (Å²) in [5.41, 5.74) is 0. The van der Waals surface area contributed by atoms with Crippen molar-refractivity contribution in [2.24, 2.45) is 0 Å². The zero-order chi connectivity index (χ0) is 8.27. The molecule has 0 saturated carbocycles. The van der Waals surface area contributed by atoms with Gasteiger partial charge < -0.3 is 5.11 Å². The molecule has 0 aromatic heterocycles. The molecule has 11 heavy (non-hydrogen) atoms. The largest absolute Gasteiger partial charge is 0.396 e. The fourth-order valence-corrected chi connectivity index (χ4v) is 2.09. The Labute approximate surface area is 74.8 Å². The van der Waals surface area contributed by atoms with Crippen molar-refractivity contribution in [1.29, 1.82) is 0 Å². The normalized spacial score (nSPS) is 17.5. The molecule has 3 nitrogen and oxygen atoms in total. The molecule has 0 atom stereocenters. The zero-order valence-corrected chi connectivity index (χ0v) is 7.58. The number of nitrogens with zero attached hydrogens (tertiary/aromatic N) is 1. The minimum Gasteiger partial charge on any atom is -0.396 e. The van der Waals surface area contributed by atoms with Crippen LogP contribution in [-0.2, 0) is 4.79 Å². The second-order valence-electron chi connectivity index (χ2n) is 2.13. The lowest BCUT2D eigenvalue weighted by Gasteiger charge is -2.12. The first-order chi connectivity index (χ1) is 5.25. The molecule has 1 aliphatic heterocycles. The van der Waals surface area contributed by atoms with Gasteiger partial charge in [-0.05, 0) is 0 Å². The number of aliphatic hydroxyl groups excluding tert-OH is 1. The number of thioether (sulfide) groups is 1. The van der Waals surface area contributed by atoms with Gasteiger partial charge >= 0.3 is 0 Å². The van der Waals surface area contributed by atoms with Crippen LogP contribution in [0.25, 0.3) is 0 Å². The Balaban J connectivity index is 2.46. The van der Waals surface area contributed by atoms with Gasteiger partial charge in [0.1, 0.15) is 4.32 Å². The third kappa shape index (κ3) is 2.15. The van der Waals surface area contributed by atoms with E-state index in [0.29, 0.717) is 10.9 Å². The van der Waals surface area contributed by atoms with Crippen LogP contribution in [0.1, 0.15) is 6.42 Å². The molecule has 0 unspecified atom stereocenters. The summed E-state index contributed by atoms with van der Waals surface area (Å²) >= 11 is 6.43. The lowest BCUT2D eigenvalue weighted by molar-refractivity contribution is -0.127. The molecule has 1 amide bonds. The maximum Gasteiger partial charge on any atom is 0.230 e. The Kier molecular flexibility index (Phi) is 3.29. The molecule has 1 fully saturated rings. The first kappa shape index (κ1) is 8.96. The molecule has 0 spiro atoms. The number of carbonyl (C=O) groups excluding carboxylic acids is 1.